The summed E-state index contributed by atoms with van der Waals surface area (Å²) in [7, 11) is 0. The van der Waals surface area contributed by atoms with E-state index in [1.807, 2.05) is 13.8 Å². The lowest BCUT2D eigenvalue weighted by Crippen LogP contribution is -2.22. The Bertz CT molecular complexity index is 729. The number of rotatable bonds is 5. The molecule has 0 spiro atoms. The van der Waals surface area contributed by atoms with E-state index < -0.39 is 12.1 Å². The van der Waals surface area contributed by atoms with Crippen molar-refractivity contribution < 1.29 is 19.1 Å². The molecule has 1 aromatic carbocycles. The summed E-state index contributed by atoms with van der Waals surface area (Å²) in [6.07, 6.45) is 0.585. The number of benzene rings is 1. The van der Waals surface area contributed by atoms with Crippen molar-refractivity contribution in [3.05, 3.63) is 39.7 Å². The number of fused-ring (bicyclic) bond motifs is 1. The van der Waals surface area contributed by atoms with Crippen LogP contribution in [0.5, 0.6) is 5.75 Å². The molecule has 0 radical (unpaired) electrons. The Kier molecular flexibility index (Phi) is 4.31. The molecule has 5 nitrogen and oxygen atoms in total. The van der Waals surface area contributed by atoms with Crippen LogP contribution in [-0.4, -0.2) is 17.2 Å². The lowest BCUT2D eigenvalue weighted by atomic mass is 10.0. The molecule has 2 rings (SSSR count). The van der Waals surface area contributed by atoms with Gasteiger partial charge in [-0.2, -0.15) is 0 Å². The minimum atomic E-state index is -1.05. The molecule has 1 atom stereocenters. The molecule has 1 heterocycles. The molecule has 5 heteroatoms. The Morgan fingerprint density at radius 2 is 2.14 bits per heavy atom. The third-order valence-corrected chi connectivity index (χ3v) is 3.42. The Hall–Kier alpha value is -2.30. The molecule has 112 valence electrons. The van der Waals surface area contributed by atoms with E-state index in [0.29, 0.717) is 23.3 Å². The van der Waals surface area contributed by atoms with Gasteiger partial charge in [0.05, 0.1) is 0 Å². The second-order valence-corrected chi connectivity index (χ2v) is 5.00. The summed E-state index contributed by atoms with van der Waals surface area (Å²) in [5.41, 5.74) is 1.66. The SMILES string of the molecule is CCCc1c(C)c2ccc(O[C@@H](C)C(=O)O)cc2oc1=O. The first kappa shape index (κ1) is 15.1. The highest BCUT2D eigenvalue weighted by molar-refractivity contribution is 5.82. The topological polar surface area (TPSA) is 76.7 Å². The Morgan fingerprint density at radius 3 is 2.76 bits per heavy atom. The van der Waals surface area contributed by atoms with Gasteiger partial charge in [0.1, 0.15) is 11.3 Å². The largest absolute Gasteiger partial charge is 0.479 e. The standard InChI is InChI=1S/C16H18O5/c1-4-5-13-9(2)12-7-6-11(20-10(3)15(17)18)8-14(12)21-16(13)19/h6-8,10H,4-5H2,1-3H3,(H,17,18)/t10-/m0/s1. The smallest absolute Gasteiger partial charge is 0.344 e. The highest BCUT2D eigenvalue weighted by Gasteiger charge is 2.15. The van der Waals surface area contributed by atoms with Gasteiger partial charge in [-0.15, -0.1) is 0 Å². The summed E-state index contributed by atoms with van der Waals surface area (Å²) >= 11 is 0. The van der Waals surface area contributed by atoms with Crippen molar-refractivity contribution in [3.63, 3.8) is 0 Å². The molecule has 0 bridgehead atoms. The Morgan fingerprint density at radius 1 is 1.43 bits per heavy atom. The van der Waals surface area contributed by atoms with Gasteiger partial charge in [-0.1, -0.05) is 13.3 Å². The minimum absolute atomic E-state index is 0.342. The van der Waals surface area contributed by atoms with Crippen LogP contribution in [0.15, 0.2) is 27.4 Å². The summed E-state index contributed by atoms with van der Waals surface area (Å²) < 4.78 is 10.6. The van der Waals surface area contributed by atoms with Crippen molar-refractivity contribution in [2.24, 2.45) is 0 Å². The zero-order chi connectivity index (χ0) is 15.6. The summed E-state index contributed by atoms with van der Waals surface area (Å²) in [6.45, 7) is 5.34. The molecule has 0 fully saturated rings. The van der Waals surface area contributed by atoms with Gasteiger partial charge in [-0.05, 0) is 38.0 Å². The first-order valence-electron chi connectivity index (χ1n) is 6.89. The first-order valence-corrected chi connectivity index (χ1v) is 6.89. The molecule has 0 unspecified atom stereocenters. The molecule has 0 aliphatic rings. The molecule has 0 amide bonds. The van der Waals surface area contributed by atoms with Crippen molar-refractivity contribution in [3.8, 4) is 5.75 Å². The van der Waals surface area contributed by atoms with Crippen LogP contribution >= 0.6 is 0 Å². The van der Waals surface area contributed by atoms with E-state index in [1.54, 1.807) is 18.2 Å². The molecule has 2 aromatic rings. The lowest BCUT2D eigenvalue weighted by Gasteiger charge is -2.12. The second-order valence-electron chi connectivity index (χ2n) is 5.00. The Balaban J connectivity index is 2.47. The number of carboxylic acid groups (broad SMARTS) is 1. The van der Waals surface area contributed by atoms with Gasteiger partial charge in [0, 0.05) is 17.0 Å². The van der Waals surface area contributed by atoms with Crippen LogP contribution < -0.4 is 10.4 Å². The summed E-state index contributed by atoms with van der Waals surface area (Å²) in [5.74, 6) is -0.686. The summed E-state index contributed by atoms with van der Waals surface area (Å²) in [5, 5.41) is 9.68. The molecular weight excluding hydrogens is 272 g/mol. The molecule has 0 aliphatic carbocycles. The van der Waals surface area contributed by atoms with Crippen molar-refractivity contribution in [2.75, 3.05) is 0 Å². The van der Waals surface area contributed by atoms with Gasteiger partial charge in [-0.3, -0.25) is 0 Å². The minimum Gasteiger partial charge on any atom is -0.479 e. The van der Waals surface area contributed by atoms with E-state index in [9.17, 15) is 9.59 Å². The number of hydrogen-bond donors (Lipinski definition) is 1. The van der Waals surface area contributed by atoms with E-state index >= 15 is 0 Å². The molecule has 1 N–H and O–H groups in total. The predicted molar refractivity (Wildman–Crippen MR) is 78.9 cm³/mol. The molecule has 21 heavy (non-hydrogen) atoms. The van der Waals surface area contributed by atoms with Crippen LogP contribution in [0.4, 0.5) is 0 Å². The van der Waals surface area contributed by atoms with Crippen LogP contribution in [0.3, 0.4) is 0 Å². The highest BCUT2D eigenvalue weighted by Crippen LogP contribution is 2.25. The van der Waals surface area contributed by atoms with Gasteiger partial charge < -0.3 is 14.3 Å². The van der Waals surface area contributed by atoms with Crippen LogP contribution in [0.2, 0.25) is 0 Å². The van der Waals surface area contributed by atoms with Crippen molar-refractivity contribution >= 4 is 16.9 Å². The molecule has 0 aliphatic heterocycles. The molecule has 1 aromatic heterocycles. The fourth-order valence-corrected chi connectivity index (χ4v) is 2.24. The summed E-state index contributed by atoms with van der Waals surface area (Å²) in [6, 6.07) is 5.03. The average molecular weight is 290 g/mol. The van der Waals surface area contributed by atoms with E-state index in [-0.39, 0.29) is 5.63 Å². The predicted octanol–water partition coefficient (Wildman–Crippen LogP) is 2.91. The third kappa shape index (κ3) is 3.07. The van der Waals surface area contributed by atoms with Gasteiger partial charge in [0.2, 0.25) is 0 Å². The fraction of sp³-hybridized carbons (Fsp3) is 0.375. The van der Waals surface area contributed by atoms with E-state index in [0.717, 1.165) is 17.4 Å². The maximum Gasteiger partial charge on any atom is 0.344 e. The van der Waals surface area contributed by atoms with Crippen molar-refractivity contribution in [1.82, 2.24) is 0 Å². The number of carbonyl (C=O) groups is 1. The van der Waals surface area contributed by atoms with Crippen LogP contribution in [0.1, 0.15) is 31.4 Å². The Labute approximate surface area is 122 Å². The maximum atomic E-state index is 12.0. The van der Waals surface area contributed by atoms with Gasteiger partial charge in [0.15, 0.2) is 6.10 Å². The molecule has 0 saturated heterocycles. The fourth-order valence-electron chi connectivity index (χ4n) is 2.24. The van der Waals surface area contributed by atoms with Gasteiger partial charge in [0.25, 0.3) is 0 Å². The van der Waals surface area contributed by atoms with Gasteiger partial charge >= 0.3 is 11.6 Å². The zero-order valence-corrected chi connectivity index (χ0v) is 12.3. The number of aliphatic carboxylic acids is 1. The van der Waals surface area contributed by atoms with E-state index in [4.69, 9.17) is 14.3 Å². The quantitative estimate of drug-likeness (QED) is 0.857. The second kappa shape index (κ2) is 5.99. The van der Waals surface area contributed by atoms with Crippen molar-refractivity contribution in [1.29, 1.82) is 0 Å². The highest BCUT2D eigenvalue weighted by atomic mass is 16.5. The zero-order valence-electron chi connectivity index (χ0n) is 12.3. The van der Waals surface area contributed by atoms with Crippen molar-refractivity contribution in [2.45, 2.75) is 39.7 Å². The maximum absolute atomic E-state index is 12.0. The van der Waals surface area contributed by atoms with E-state index in [2.05, 4.69) is 0 Å². The number of carboxylic acids is 1. The third-order valence-electron chi connectivity index (χ3n) is 3.42. The lowest BCUT2D eigenvalue weighted by molar-refractivity contribution is -0.144. The number of aryl methyl sites for hydroxylation is 1. The average Bonchev–Trinajstić information content (AvgIpc) is 2.43. The van der Waals surface area contributed by atoms with Gasteiger partial charge in [-0.25, -0.2) is 9.59 Å². The first-order chi connectivity index (χ1) is 9.93. The molecule has 0 saturated carbocycles. The van der Waals surface area contributed by atoms with Crippen LogP contribution in [0.25, 0.3) is 11.0 Å². The van der Waals surface area contributed by atoms with Crippen LogP contribution in [-0.2, 0) is 11.2 Å². The normalized spacial score (nSPS) is 12.3. The molecular formula is C16H18O5. The number of ether oxygens (including phenoxy) is 1. The van der Waals surface area contributed by atoms with Crippen LogP contribution in [0, 0.1) is 6.92 Å². The summed E-state index contributed by atoms with van der Waals surface area (Å²) in [4.78, 5) is 22.8. The van der Waals surface area contributed by atoms with E-state index in [1.165, 1.54) is 6.92 Å². The number of hydrogen-bond acceptors (Lipinski definition) is 4. The monoisotopic (exact) mass is 290 g/mol.